The van der Waals surface area contributed by atoms with Crippen LogP contribution in [0.4, 0.5) is 15.3 Å². The van der Waals surface area contributed by atoms with Crippen molar-refractivity contribution in [1.29, 1.82) is 0 Å². The van der Waals surface area contributed by atoms with Crippen LogP contribution in [0.5, 0.6) is 0 Å². The van der Waals surface area contributed by atoms with Crippen LogP contribution < -0.4 is 11.2 Å². The quantitative estimate of drug-likeness (QED) is 0.641. The molecule has 1 aliphatic heterocycles. The number of rotatable bonds is 5. The minimum Gasteiger partial charge on any atom is -0.383 e. The second kappa shape index (κ2) is 7.72. The third-order valence-corrected chi connectivity index (χ3v) is 5.03. The number of likely N-dealkylation sites (tertiary alicyclic amines) is 1. The molecule has 2 heterocycles. The van der Waals surface area contributed by atoms with Gasteiger partial charge in [0.1, 0.15) is 11.6 Å². The molecule has 0 spiro atoms. The molecule has 1 aliphatic rings. The van der Waals surface area contributed by atoms with E-state index in [-0.39, 0.29) is 5.82 Å². The van der Waals surface area contributed by atoms with Crippen LogP contribution in [0.3, 0.4) is 0 Å². The summed E-state index contributed by atoms with van der Waals surface area (Å²) in [6.45, 7) is 5.15. The molecule has 0 aliphatic carbocycles. The zero-order chi connectivity index (χ0) is 16.9. The molecule has 128 valence electrons. The van der Waals surface area contributed by atoms with E-state index in [1.54, 1.807) is 23.7 Å². The van der Waals surface area contributed by atoms with Gasteiger partial charge in [0.15, 0.2) is 0 Å². The molecule has 0 amide bonds. The van der Waals surface area contributed by atoms with Crippen LogP contribution in [0.1, 0.15) is 30.9 Å². The fourth-order valence-electron chi connectivity index (χ4n) is 2.79. The first-order valence-electron chi connectivity index (χ1n) is 8.11. The molecule has 3 N–H and O–H groups in total. The SMILES string of the molecule is CC1CCN(Cc2cc(F)ccc2C=NNc2nc(N)cs2)CC1. The molecule has 1 fully saturated rings. The summed E-state index contributed by atoms with van der Waals surface area (Å²) in [5.74, 6) is 1.04. The van der Waals surface area contributed by atoms with E-state index in [1.807, 2.05) is 0 Å². The zero-order valence-corrected chi connectivity index (χ0v) is 14.5. The monoisotopic (exact) mass is 347 g/mol. The number of halogens is 1. The molecule has 7 heteroatoms. The Labute approximate surface area is 145 Å². The largest absolute Gasteiger partial charge is 0.383 e. The maximum absolute atomic E-state index is 13.7. The Hall–Kier alpha value is -1.99. The predicted octanol–water partition coefficient (Wildman–Crippen LogP) is 3.54. The summed E-state index contributed by atoms with van der Waals surface area (Å²) in [4.78, 5) is 6.46. The van der Waals surface area contributed by atoms with Crippen molar-refractivity contribution < 1.29 is 4.39 Å². The van der Waals surface area contributed by atoms with E-state index in [0.717, 1.165) is 36.7 Å². The average molecular weight is 347 g/mol. The Balaban J connectivity index is 1.68. The van der Waals surface area contributed by atoms with Gasteiger partial charge in [-0.3, -0.25) is 10.3 Å². The van der Waals surface area contributed by atoms with Crippen LogP contribution in [0, 0.1) is 11.7 Å². The number of nitrogens with two attached hydrogens (primary N) is 1. The molecule has 0 atom stereocenters. The van der Waals surface area contributed by atoms with E-state index in [1.165, 1.54) is 30.2 Å². The number of nitrogen functional groups attached to an aromatic ring is 1. The van der Waals surface area contributed by atoms with Crippen LogP contribution in [0.15, 0.2) is 28.7 Å². The van der Waals surface area contributed by atoms with Gasteiger partial charge < -0.3 is 5.73 Å². The smallest absolute Gasteiger partial charge is 0.205 e. The Morgan fingerprint density at radius 2 is 2.25 bits per heavy atom. The van der Waals surface area contributed by atoms with Crippen LogP contribution in [-0.4, -0.2) is 29.2 Å². The van der Waals surface area contributed by atoms with Gasteiger partial charge in [-0.2, -0.15) is 5.10 Å². The number of benzene rings is 1. The van der Waals surface area contributed by atoms with Gasteiger partial charge in [-0.1, -0.05) is 13.0 Å². The number of anilines is 2. The van der Waals surface area contributed by atoms with Crippen molar-refractivity contribution in [2.24, 2.45) is 11.0 Å². The predicted molar refractivity (Wildman–Crippen MR) is 97.8 cm³/mol. The number of nitrogens with zero attached hydrogens (tertiary/aromatic N) is 3. The first-order chi connectivity index (χ1) is 11.6. The standard InChI is InChI=1S/C17H22FN5S/c1-12-4-6-23(7-5-12)10-14-8-15(18)3-2-13(14)9-20-22-17-21-16(19)11-24-17/h2-3,8-9,11-12H,4-7,10,19H2,1H3,(H,21,22). The summed E-state index contributed by atoms with van der Waals surface area (Å²) < 4.78 is 13.7. The van der Waals surface area contributed by atoms with Gasteiger partial charge in [-0.15, -0.1) is 11.3 Å². The molecule has 1 saturated heterocycles. The van der Waals surface area contributed by atoms with Gasteiger partial charge in [0, 0.05) is 11.9 Å². The van der Waals surface area contributed by atoms with E-state index in [9.17, 15) is 4.39 Å². The lowest BCUT2D eigenvalue weighted by atomic mass is 9.98. The van der Waals surface area contributed by atoms with Crippen molar-refractivity contribution in [3.8, 4) is 0 Å². The number of hydrogen-bond acceptors (Lipinski definition) is 6. The zero-order valence-electron chi connectivity index (χ0n) is 13.7. The lowest BCUT2D eigenvalue weighted by molar-refractivity contribution is 0.185. The molecule has 0 unspecified atom stereocenters. The number of piperidine rings is 1. The summed E-state index contributed by atoms with van der Waals surface area (Å²) in [5.41, 5.74) is 10.3. The van der Waals surface area contributed by atoms with Crippen molar-refractivity contribution in [3.63, 3.8) is 0 Å². The van der Waals surface area contributed by atoms with Crippen LogP contribution in [0.2, 0.25) is 0 Å². The van der Waals surface area contributed by atoms with Crippen LogP contribution in [0.25, 0.3) is 0 Å². The topological polar surface area (TPSA) is 66.5 Å². The molecule has 24 heavy (non-hydrogen) atoms. The molecule has 5 nitrogen and oxygen atoms in total. The number of thiazole rings is 1. The summed E-state index contributed by atoms with van der Waals surface area (Å²) in [6.07, 6.45) is 4.11. The molecule has 0 bridgehead atoms. The fraction of sp³-hybridized carbons (Fsp3) is 0.412. The van der Waals surface area contributed by atoms with Crippen molar-refractivity contribution in [2.75, 3.05) is 24.2 Å². The number of hydrazone groups is 1. The van der Waals surface area contributed by atoms with E-state index < -0.39 is 0 Å². The van der Waals surface area contributed by atoms with Crippen LogP contribution >= 0.6 is 11.3 Å². The molecule has 0 saturated carbocycles. The first kappa shape index (κ1) is 16.9. The fourth-order valence-corrected chi connectivity index (χ4v) is 3.34. The molecule has 3 rings (SSSR count). The Morgan fingerprint density at radius 3 is 2.96 bits per heavy atom. The summed E-state index contributed by atoms with van der Waals surface area (Å²) in [5, 5.41) is 6.58. The van der Waals surface area contributed by atoms with E-state index in [2.05, 4.69) is 27.3 Å². The third-order valence-electron chi connectivity index (χ3n) is 4.26. The minimum absolute atomic E-state index is 0.215. The Bertz CT molecular complexity index is 707. The maximum atomic E-state index is 13.7. The van der Waals surface area contributed by atoms with Gasteiger partial charge in [0.05, 0.1) is 6.21 Å². The summed E-state index contributed by atoms with van der Waals surface area (Å²) in [6, 6.07) is 4.82. The third kappa shape index (κ3) is 4.52. The van der Waals surface area contributed by atoms with Crippen molar-refractivity contribution >= 4 is 28.5 Å². The molecule has 0 radical (unpaired) electrons. The lowest BCUT2D eigenvalue weighted by Crippen LogP contribution is -2.32. The normalized spacial score (nSPS) is 16.8. The molecular formula is C17H22FN5S. The second-order valence-corrected chi connectivity index (χ2v) is 7.11. The van der Waals surface area contributed by atoms with Gasteiger partial charge >= 0.3 is 0 Å². The maximum Gasteiger partial charge on any atom is 0.205 e. The highest BCUT2D eigenvalue weighted by atomic mass is 32.1. The highest BCUT2D eigenvalue weighted by molar-refractivity contribution is 7.14. The summed E-state index contributed by atoms with van der Waals surface area (Å²) >= 11 is 1.39. The van der Waals surface area contributed by atoms with E-state index in [4.69, 9.17) is 5.73 Å². The Morgan fingerprint density at radius 1 is 1.46 bits per heavy atom. The van der Waals surface area contributed by atoms with Gasteiger partial charge in [-0.25, -0.2) is 9.37 Å². The highest BCUT2D eigenvalue weighted by Gasteiger charge is 2.16. The Kier molecular flexibility index (Phi) is 5.42. The average Bonchev–Trinajstić information content (AvgIpc) is 2.97. The van der Waals surface area contributed by atoms with Gasteiger partial charge in [-0.05, 0) is 55.1 Å². The van der Waals surface area contributed by atoms with Crippen molar-refractivity contribution in [3.05, 3.63) is 40.5 Å². The molecule has 2 aromatic rings. The van der Waals surface area contributed by atoms with Gasteiger partial charge in [0.2, 0.25) is 5.13 Å². The minimum atomic E-state index is -0.215. The van der Waals surface area contributed by atoms with Gasteiger partial charge in [0.25, 0.3) is 0 Å². The molecular weight excluding hydrogens is 325 g/mol. The first-order valence-corrected chi connectivity index (χ1v) is 8.99. The van der Waals surface area contributed by atoms with E-state index >= 15 is 0 Å². The highest BCUT2D eigenvalue weighted by Crippen LogP contribution is 2.20. The van der Waals surface area contributed by atoms with Crippen molar-refractivity contribution in [1.82, 2.24) is 9.88 Å². The van der Waals surface area contributed by atoms with E-state index in [0.29, 0.717) is 10.9 Å². The lowest BCUT2D eigenvalue weighted by Gasteiger charge is -2.30. The van der Waals surface area contributed by atoms with Crippen LogP contribution in [-0.2, 0) is 6.54 Å². The number of aromatic nitrogens is 1. The van der Waals surface area contributed by atoms with Crippen molar-refractivity contribution in [2.45, 2.75) is 26.3 Å². The summed E-state index contributed by atoms with van der Waals surface area (Å²) in [7, 11) is 0. The second-order valence-electron chi connectivity index (χ2n) is 6.25. The number of nitrogens with one attached hydrogen (secondary N) is 1. The number of hydrogen-bond donors (Lipinski definition) is 2. The molecule has 1 aromatic carbocycles. The molecule has 1 aromatic heterocycles.